The van der Waals surface area contributed by atoms with Gasteiger partial charge in [-0.1, -0.05) is 6.92 Å². The topological polar surface area (TPSA) is 52.6 Å². The highest BCUT2D eigenvalue weighted by molar-refractivity contribution is 7.99. The predicted octanol–water partition coefficient (Wildman–Crippen LogP) is 2.99. The fourth-order valence-corrected chi connectivity index (χ4v) is 4.42. The van der Waals surface area contributed by atoms with Crippen LogP contribution in [0.1, 0.15) is 30.1 Å². The first-order valence-electron chi connectivity index (χ1n) is 7.75. The van der Waals surface area contributed by atoms with Crippen LogP contribution in [-0.2, 0) is 4.79 Å². The van der Waals surface area contributed by atoms with Gasteiger partial charge in [-0.25, -0.2) is 0 Å². The molecule has 1 aromatic carbocycles. The van der Waals surface area contributed by atoms with E-state index >= 15 is 0 Å². The van der Waals surface area contributed by atoms with Gasteiger partial charge >= 0.3 is 0 Å². The van der Waals surface area contributed by atoms with E-state index in [-0.39, 0.29) is 23.4 Å². The van der Waals surface area contributed by atoms with Gasteiger partial charge in [-0.05, 0) is 24.6 Å². The number of benzene rings is 1. The standard InChI is InChI=1S/C17H20O4S/c1-2-3-14(18)12-9-22-10-13(12)17(19)11-4-5-15-16(8-11)21-7-6-20-15/h4-5,8,12-13H,2-3,6-7,9-10H2,1H3. The molecule has 5 heteroatoms. The molecule has 3 rings (SSSR count). The average Bonchev–Trinajstić information content (AvgIpc) is 3.03. The zero-order valence-electron chi connectivity index (χ0n) is 12.7. The molecule has 2 unspecified atom stereocenters. The smallest absolute Gasteiger partial charge is 0.167 e. The van der Waals surface area contributed by atoms with Crippen LogP contribution in [0.3, 0.4) is 0 Å². The molecule has 0 spiro atoms. The van der Waals surface area contributed by atoms with Crippen LogP contribution in [0.2, 0.25) is 0 Å². The van der Waals surface area contributed by atoms with Crippen molar-refractivity contribution in [2.75, 3.05) is 24.7 Å². The van der Waals surface area contributed by atoms with Crippen molar-refractivity contribution in [1.82, 2.24) is 0 Å². The molecule has 4 nitrogen and oxygen atoms in total. The minimum absolute atomic E-state index is 0.0522. The summed E-state index contributed by atoms with van der Waals surface area (Å²) in [5.74, 6) is 2.74. The summed E-state index contributed by atoms with van der Waals surface area (Å²) < 4.78 is 11.0. The van der Waals surface area contributed by atoms with Crippen molar-refractivity contribution in [1.29, 1.82) is 0 Å². The maximum Gasteiger partial charge on any atom is 0.167 e. The first-order chi connectivity index (χ1) is 10.7. The third kappa shape index (κ3) is 3.00. The van der Waals surface area contributed by atoms with Crippen molar-refractivity contribution in [3.8, 4) is 11.5 Å². The molecule has 0 N–H and O–H groups in total. The van der Waals surface area contributed by atoms with Gasteiger partial charge in [-0.15, -0.1) is 0 Å². The van der Waals surface area contributed by atoms with Crippen molar-refractivity contribution in [2.45, 2.75) is 19.8 Å². The molecule has 22 heavy (non-hydrogen) atoms. The summed E-state index contributed by atoms with van der Waals surface area (Å²) in [6.45, 7) is 3.03. The van der Waals surface area contributed by atoms with Gasteiger partial charge in [-0.2, -0.15) is 11.8 Å². The SMILES string of the molecule is CCCC(=O)C1CSCC1C(=O)c1ccc2c(c1)OCCO2. The first kappa shape index (κ1) is 15.4. The van der Waals surface area contributed by atoms with Crippen LogP contribution in [0, 0.1) is 11.8 Å². The number of fused-ring (bicyclic) bond motifs is 1. The molecule has 0 radical (unpaired) electrons. The van der Waals surface area contributed by atoms with Gasteiger partial charge < -0.3 is 9.47 Å². The van der Waals surface area contributed by atoms with E-state index in [0.717, 1.165) is 17.9 Å². The van der Waals surface area contributed by atoms with E-state index in [1.54, 1.807) is 30.0 Å². The lowest BCUT2D eigenvalue weighted by Crippen LogP contribution is -2.29. The maximum absolute atomic E-state index is 12.8. The molecule has 1 saturated heterocycles. The largest absolute Gasteiger partial charge is 0.486 e. The van der Waals surface area contributed by atoms with E-state index in [4.69, 9.17) is 9.47 Å². The van der Waals surface area contributed by atoms with E-state index in [0.29, 0.717) is 36.7 Å². The molecule has 1 fully saturated rings. The van der Waals surface area contributed by atoms with Gasteiger partial charge in [-0.3, -0.25) is 9.59 Å². The highest BCUT2D eigenvalue weighted by Gasteiger charge is 2.38. The number of thioether (sulfide) groups is 1. The fourth-order valence-electron chi connectivity index (χ4n) is 2.97. The molecule has 0 bridgehead atoms. The Morgan fingerprint density at radius 1 is 1.14 bits per heavy atom. The number of hydrogen-bond acceptors (Lipinski definition) is 5. The zero-order valence-corrected chi connectivity index (χ0v) is 13.5. The Morgan fingerprint density at radius 2 is 1.86 bits per heavy atom. The zero-order chi connectivity index (χ0) is 15.5. The lowest BCUT2D eigenvalue weighted by molar-refractivity contribution is -0.122. The summed E-state index contributed by atoms with van der Waals surface area (Å²) in [6.07, 6.45) is 1.40. The third-order valence-corrected chi connectivity index (χ3v) is 5.34. The Balaban J connectivity index is 1.79. The van der Waals surface area contributed by atoms with E-state index < -0.39 is 0 Å². The number of carbonyl (C=O) groups excluding carboxylic acids is 2. The van der Waals surface area contributed by atoms with E-state index in [9.17, 15) is 9.59 Å². The number of ether oxygens (including phenoxy) is 2. The van der Waals surface area contributed by atoms with Crippen LogP contribution in [0.5, 0.6) is 11.5 Å². The monoisotopic (exact) mass is 320 g/mol. The predicted molar refractivity (Wildman–Crippen MR) is 86.0 cm³/mol. The highest BCUT2D eigenvalue weighted by Crippen LogP contribution is 2.36. The van der Waals surface area contributed by atoms with Gasteiger partial charge in [0.25, 0.3) is 0 Å². The Kier molecular flexibility index (Phi) is 4.71. The molecular weight excluding hydrogens is 300 g/mol. The molecule has 2 heterocycles. The normalized spacial score (nSPS) is 23.3. The molecule has 0 aliphatic carbocycles. The van der Waals surface area contributed by atoms with Crippen molar-refractivity contribution >= 4 is 23.3 Å². The molecule has 0 aromatic heterocycles. The fraction of sp³-hybridized carbons (Fsp3) is 0.529. The second-order valence-corrected chi connectivity index (χ2v) is 6.76. The number of ketones is 2. The molecule has 0 amide bonds. The molecule has 118 valence electrons. The Hall–Kier alpha value is -1.49. The quantitative estimate of drug-likeness (QED) is 0.781. The van der Waals surface area contributed by atoms with Crippen LogP contribution in [0.15, 0.2) is 18.2 Å². The lowest BCUT2D eigenvalue weighted by Gasteiger charge is -2.20. The van der Waals surface area contributed by atoms with E-state index in [1.165, 1.54) is 0 Å². The summed E-state index contributed by atoms with van der Waals surface area (Å²) >= 11 is 1.70. The van der Waals surface area contributed by atoms with Gasteiger partial charge in [0.2, 0.25) is 0 Å². The van der Waals surface area contributed by atoms with Crippen molar-refractivity contribution in [3.63, 3.8) is 0 Å². The van der Waals surface area contributed by atoms with Crippen LogP contribution in [0.4, 0.5) is 0 Å². The van der Waals surface area contributed by atoms with Gasteiger partial charge in [0.15, 0.2) is 17.3 Å². The number of hydrogen-bond donors (Lipinski definition) is 0. The van der Waals surface area contributed by atoms with Gasteiger partial charge in [0, 0.05) is 35.3 Å². The highest BCUT2D eigenvalue weighted by atomic mass is 32.2. The Labute approximate surface area is 134 Å². The lowest BCUT2D eigenvalue weighted by atomic mass is 9.84. The van der Waals surface area contributed by atoms with E-state index in [1.807, 2.05) is 6.92 Å². The van der Waals surface area contributed by atoms with Crippen LogP contribution in [-0.4, -0.2) is 36.3 Å². The summed E-state index contributed by atoms with van der Waals surface area (Å²) in [6, 6.07) is 5.31. The molecule has 2 aliphatic rings. The molecule has 2 aliphatic heterocycles. The molecular formula is C17H20O4S. The molecule has 2 atom stereocenters. The molecule has 1 aromatic rings. The summed E-state index contributed by atoms with van der Waals surface area (Å²) in [4.78, 5) is 25.0. The average molecular weight is 320 g/mol. The van der Waals surface area contributed by atoms with Crippen molar-refractivity contribution in [2.24, 2.45) is 11.8 Å². The Bertz CT molecular complexity index is 584. The van der Waals surface area contributed by atoms with Crippen molar-refractivity contribution < 1.29 is 19.1 Å². The summed E-state index contributed by atoms with van der Waals surface area (Å²) in [5, 5.41) is 0. The van der Waals surface area contributed by atoms with Gasteiger partial charge in [0.1, 0.15) is 19.0 Å². The second-order valence-electron chi connectivity index (χ2n) is 5.69. The minimum Gasteiger partial charge on any atom is -0.486 e. The van der Waals surface area contributed by atoms with E-state index in [2.05, 4.69) is 0 Å². The minimum atomic E-state index is -0.202. The van der Waals surface area contributed by atoms with Gasteiger partial charge in [0.05, 0.1) is 0 Å². The third-order valence-electron chi connectivity index (χ3n) is 4.15. The number of rotatable bonds is 5. The summed E-state index contributed by atoms with van der Waals surface area (Å²) in [7, 11) is 0. The first-order valence-corrected chi connectivity index (χ1v) is 8.90. The van der Waals surface area contributed by atoms with Crippen LogP contribution in [0.25, 0.3) is 0 Å². The Morgan fingerprint density at radius 3 is 2.64 bits per heavy atom. The maximum atomic E-state index is 12.8. The number of Topliss-reactive ketones (excluding diaryl/α,β-unsaturated/α-hetero) is 2. The second kappa shape index (κ2) is 6.73. The van der Waals surface area contributed by atoms with Crippen molar-refractivity contribution in [3.05, 3.63) is 23.8 Å². The number of carbonyl (C=O) groups is 2. The summed E-state index contributed by atoms with van der Waals surface area (Å²) in [5.41, 5.74) is 0.617. The van der Waals surface area contributed by atoms with Crippen LogP contribution >= 0.6 is 11.8 Å². The van der Waals surface area contributed by atoms with Crippen LogP contribution < -0.4 is 9.47 Å². The molecule has 0 saturated carbocycles.